The van der Waals surface area contributed by atoms with E-state index in [1.54, 1.807) is 0 Å². The molecule has 1 atom stereocenters. The van der Waals surface area contributed by atoms with Gasteiger partial charge in [0.05, 0.1) is 12.7 Å². The standard InChI is InChI=1S/C15H20N8O3/c1-7(16)5-18-15-19-13(12-14(20-15)22-23-21-12)17-6-9-10(24)3-8(26-2)4-11(9)25/h3-4,7,24-25H,5-6,16H2,1-2H3,(H3,17,18,19,20,21,22,23). The second-order valence-corrected chi connectivity index (χ2v) is 5.75. The van der Waals surface area contributed by atoms with Crippen LogP contribution in [-0.2, 0) is 6.54 Å². The van der Waals surface area contributed by atoms with E-state index in [9.17, 15) is 10.2 Å². The fraction of sp³-hybridized carbons (Fsp3) is 0.333. The summed E-state index contributed by atoms with van der Waals surface area (Å²) in [7, 11) is 1.45. The Bertz CT molecular complexity index is 888. The summed E-state index contributed by atoms with van der Waals surface area (Å²) in [6, 6.07) is 2.76. The minimum Gasteiger partial charge on any atom is -0.507 e. The molecule has 0 aliphatic rings. The van der Waals surface area contributed by atoms with Crippen molar-refractivity contribution in [2.24, 2.45) is 5.73 Å². The topological polar surface area (TPSA) is 167 Å². The van der Waals surface area contributed by atoms with E-state index in [-0.39, 0.29) is 24.1 Å². The fourth-order valence-electron chi connectivity index (χ4n) is 2.29. The van der Waals surface area contributed by atoms with Gasteiger partial charge in [-0.25, -0.2) is 0 Å². The first kappa shape index (κ1) is 17.5. The molecular formula is C15H20N8O3. The van der Waals surface area contributed by atoms with Gasteiger partial charge in [-0.3, -0.25) is 0 Å². The van der Waals surface area contributed by atoms with Crippen LogP contribution in [0.3, 0.4) is 0 Å². The van der Waals surface area contributed by atoms with E-state index < -0.39 is 0 Å². The van der Waals surface area contributed by atoms with E-state index in [0.29, 0.717) is 40.8 Å². The zero-order valence-electron chi connectivity index (χ0n) is 14.3. The van der Waals surface area contributed by atoms with Gasteiger partial charge in [0.2, 0.25) is 11.6 Å². The number of H-pyrrole nitrogens is 1. The lowest BCUT2D eigenvalue weighted by molar-refractivity contribution is 0.394. The van der Waals surface area contributed by atoms with Crippen LogP contribution in [0.25, 0.3) is 11.2 Å². The molecule has 1 unspecified atom stereocenters. The van der Waals surface area contributed by atoms with Crippen LogP contribution in [0.1, 0.15) is 12.5 Å². The van der Waals surface area contributed by atoms with Gasteiger partial charge in [-0.2, -0.15) is 20.3 Å². The lowest BCUT2D eigenvalue weighted by Gasteiger charge is -2.12. The Morgan fingerprint density at radius 2 is 1.92 bits per heavy atom. The van der Waals surface area contributed by atoms with Crippen molar-refractivity contribution >= 4 is 22.9 Å². The molecule has 0 aliphatic heterocycles. The predicted molar refractivity (Wildman–Crippen MR) is 95.3 cm³/mol. The average molecular weight is 360 g/mol. The van der Waals surface area contributed by atoms with E-state index in [1.807, 2.05) is 6.92 Å². The van der Waals surface area contributed by atoms with E-state index in [4.69, 9.17) is 10.5 Å². The van der Waals surface area contributed by atoms with Crippen molar-refractivity contribution in [2.75, 3.05) is 24.3 Å². The number of nitrogens with two attached hydrogens (primary N) is 1. The largest absolute Gasteiger partial charge is 0.507 e. The Hall–Kier alpha value is -3.34. The van der Waals surface area contributed by atoms with Crippen molar-refractivity contribution in [3.05, 3.63) is 17.7 Å². The molecule has 11 heteroatoms. The minimum atomic E-state index is -0.102. The summed E-state index contributed by atoms with van der Waals surface area (Å²) < 4.78 is 5.00. The molecule has 2 heterocycles. The van der Waals surface area contributed by atoms with Crippen molar-refractivity contribution in [3.63, 3.8) is 0 Å². The number of phenolic OH excluding ortho intramolecular Hbond substituents is 2. The first-order chi connectivity index (χ1) is 12.5. The number of aromatic hydroxyl groups is 2. The van der Waals surface area contributed by atoms with Gasteiger partial charge >= 0.3 is 0 Å². The molecule has 0 bridgehead atoms. The van der Waals surface area contributed by atoms with Crippen LogP contribution in [0.4, 0.5) is 11.8 Å². The smallest absolute Gasteiger partial charge is 0.226 e. The minimum absolute atomic E-state index is 0.0730. The zero-order chi connectivity index (χ0) is 18.7. The first-order valence-corrected chi connectivity index (χ1v) is 7.88. The summed E-state index contributed by atoms with van der Waals surface area (Å²) in [6.45, 7) is 2.45. The summed E-state index contributed by atoms with van der Waals surface area (Å²) >= 11 is 0. The second kappa shape index (κ2) is 7.27. The molecule has 7 N–H and O–H groups in total. The molecule has 0 saturated carbocycles. The van der Waals surface area contributed by atoms with Crippen molar-refractivity contribution in [2.45, 2.75) is 19.5 Å². The van der Waals surface area contributed by atoms with Gasteiger partial charge in [-0.05, 0) is 6.92 Å². The number of phenols is 2. The van der Waals surface area contributed by atoms with E-state index in [1.165, 1.54) is 19.2 Å². The molecule has 11 nitrogen and oxygen atoms in total. The molecule has 26 heavy (non-hydrogen) atoms. The first-order valence-electron chi connectivity index (χ1n) is 7.88. The van der Waals surface area contributed by atoms with Gasteiger partial charge in [-0.1, -0.05) is 0 Å². The van der Waals surface area contributed by atoms with Crippen LogP contribution in [0.15, 0.2) is 12.1 Å². The number of nitrogens with zero attached hydrogens (tertiary/aromatic N) is 4. The SMILES string of the molecule is COc1cc(O)c(CNc2nc(NCC(C)N)nc3n[nH]nc23)c(O)c1. The number of rotatable bonds is 7. The van der Waals surface area contributed by atoms with Gasteiger partial charge in [0, 0.05) is 31.3 Å². The van der Waals surface area contributed by atoms with E-state index >= 15 is 0 Å². The van der Waals surface area contributed by atoms with Crippen LogP contribution < -0.4 is 21.1 Å². The normalized spacial score (nSPS) is 12.1. The van der Waals surface area contributed by atoms with E-state index in [2.05, 4.69) is 36.0 Å². The maximum absolute atomic E-state index is 10.1. The number of aromatic amines is 1. The molecule has 0 amide bonds. The lowest BCUT2D eigenvalue weighted by atomic mass is 10.1. The highest BCUT2D eigenvalue weighted by Gasteiger charge is 2.15. The number of nitrogens with one attached hydrogen (secondary N) is 3. The van der Waals surface area contributed by atoms with Crippen LogP contribution in [0.5, 0.6) is 17.2 Å². The van der Waals surface area contributed by atoms with Crippen molar-refractivity contribution in [1.29, 1.82) is 0 Å². The van der Waals surface area contributed by atoms with Crippen LogP contribution in [-0.4, -0.2) is 55.3 Å². The molecule has 3 aromatic rings. The third-order valence-corrected chi connectivity index (χ3v) is 3.61. The number of hydrogen-bond donors (Lipinski definition) is 6. The quantitative estimate of drug-likeness (QED) is 0.350. The zero-order valence-corrected chi connectivity index (χ0v) is 14.3. The maximum atomic E-state index is 10.1. The summed E-state index contributed by atoms with van der Waals surface area (Å²) in [5, 5.41) is 36.7. The van der Waals surface area contributed by atoms with Gasteiger partial charge in [0.15, 0.2) is 11.3 Å². The highest BCUT2D eigenvalue weighted by Crippen LogP contribution is 2.33. The molecule has 0 aliphatic carbocycles. The van der Waals surface area contributed by atoms with Gasteiger partial charge in [0.1, 0.15) is 17.2 Å². The highest BCUT2D eigenvalue weighted by molar-refractivity contribution is 5.83. The van der Waals surface area contributed by atoms with Crippen molar-refractivity contribution in [3.8, 4) is 17.2 Å². The van der Waals surface area contributed by atoms with Crippen molar-refractivity contribution in [1.82, 2.24) is 25.4 Å². The Morgan fingerprint density at radius 1 is 1.19 bits per heavy atom. The van der Waals surface area contributed by atoms with Crippen LogP contribution >= 0.6 is 0 Å². The van der Waals surface area contributed by atoms with Gasteiger partial charge < -0.3 is 31.3 Å². The molecular weight excluding hydrogens is 340 g/mol. The molecule has 0 spiro atoms. The summed E-state index contributed by atoms with van der Waals surface area (Å²) in [4.78, 5) is 8.60. The average Bonchev–Trinajstić information content (AvgIpc) is 3.07. The Balaban J connectivity index is 1.85. The fourth-order valence-corrected chi connectivity index (χ4v) is 2.29. The van der Waals surface area contributed by atoms with Crippen LogP contribution in [0, 0.1) is 0 Å². The molecule has 138 valence electrons. The van der Waals surface area contributed by atoms with Gasteiger partial charge in [0.25, 0.3) is 0 Å². The molecule has 0 radical (unpaired) electrons. The molecule has 2 aromatic heterocycles. The van der Waals surface area contributed by atoms with Crippen molar-refractivity contribution < 1.29 is 14.9 Å². The third-order valence-electron chi connectivity index (χ3n) is 3.61. The van der Waals surface area contributed by atoms with Crippen LogP contribution in [0.2, 0.25) is 0 Å². The number of ether oxygens (including phenoxy) is 1. The number of methoxy groups -OCH3 is 1. The number of hydrogen-bond acceptors (Lipinski definition) is 10. The molecule has 1 aromatic carbocycles. The molecule has 0 fully saturated rings. The number of anilines is 2. The summed E-state index contributed by atoms with van der Waals surface area (Å²) in [5.41, 5.74) is 6.83. The Morgan fingerprint density at radius 3 is 2.58 bits per heavy atom. The summed E-state index contributed by atoms with van der Waals surface area (Å²) in [5.74, 6) is 0.886. The third kappa shape index (κ3) is 3.67. The Labute approximate surface area is 148 Å². The number of fused-ring (bicyclic) bond motifs is 1. The lowest BCUT2D eigenvalue weighted by Crippen LogP contribution is -2.26. The summed E-state index contributed by atoms with van der Waals surface area (Å²) in [6.07, 6.45) is 0. The highest BCUT2D eigenvalue weighted by atomic mass is 16.5. The predicted octanol–water partition coefficient (Wildman–Crippen LogP) is 0.539. The number of benzene rings is 1. The van der Waals surface area contributed by atoms with Gasteiger partial charge in [-0.15, -0.1) is 5.10 Å². The molecule has 3 rings (SSSR count). The number of aromatic nitrogens is 5. The second-order valence-electron chi connectivity index (χ2n) is 5.75. The molecule has 0 saturated heterocycles. The Kier molecular flexibility index (Phi) is 4.89. The monoisotopic (exact) mass is 360 g/mol. The van der Waals surface area contributed by atoms with E-state index in [0.717, 1.165) is 0 Å². The maximum Gasteiger partial charge on any atom is 0.226 e.